The van der Waals surface area contributed by atoms with Crippen LogP contribution in [0.5, 0.6) is 0 Å². The van der Waals surface area contributed by atoms with Crippen molar-refractivity contribution in [3.63, 3.8) is 0 Å². The molecule has 0 unspecified atom stereocenters. The number of carbonyl (C=O) groups is 2. The van der Waals surface area contributed by atoms with E-state index in [1.165, 1.54) is 4.90 Å². The van der Waals surface area contributed by atoms with E-state index in [2.05, 4.69) is 17.6 Å². The number of benzene rings is 1. The lowest BCUT2D eigenvalue weighted by Gasteiger charge is -2.19. The summed E-state index contributed by atoms with van der Waals surface area (Å²) in [4.78, 5) is 25.6. The number of carbonyl (C=O) groups excluding carboxylic acids is 2. The van der Waals surface area contributed by atoms with E-state index in [4.69, 9.17) is 0 Å². The lowest BCUT2D eigenvalue weighted by atomic mass is 10.1. The molecule has 0 heterocycles. The van der Waals surface area contributed by atoms with Gasteiger partial charge in [-0.15, -0.1) is 0 Å². The third-order valence-electron chi connectivity index (χ3n) is 3.02. The zero-order valence-corrected chi connectivity index (χ0v) is 13.1. The van der Waals surface area contributed by atoms with Crippen LogP contribution in [0.3, 0.4) is 0 Å². The van der Waals surface area contributed by atoms with Crippen LogP contribution in [0.4, 0.5) is 5.69 Å². The molecule has 0 spiro atoms. The molecule has 0 saturated carbocycles. The third-order valence-corrected chi connectivity index (χ3v) is 3.02. The largest absolute Gasteiger partial charge is 0.384 e. The van der Waals surface area contributed by atoms with Gasteiger partial charge in [-0.05, 0) is 25.0 Å². The van der Waals surface area contributed by atoms with E-state index < -0.39 is 0 Å². The van der Waals surface area contributed by atoms with Crippen LogP contribution in [-0.2, 0) is 4.79 Å². The first kappa shape index (κ1) is 17.0. The molecule has 0 atom stereocenters. The summed E-state index contributed by atoms with van der Waals surface area (Å²) in [5.41, 5.74) is 1.40. The van der Waals surface area contributed by atoms with Gasteiger partial charge >= 0.3 is 0 Å². The molecule has 5 heteroatoms. The molecule has 1 aromatic rings. The first-order valence-corrected chi connectivity index (χ1v) is 7.45. The number of nitrogens with one attached hydrogen (secondary N) is 2. The first-order valence-electron chi connectivity index (χ1n) is 7.45. The molecule has 1 rings (SSSR count). The SMILES string of the molecule is CCCNC(=O)CN(C)C(=O)c1ccccc1NCCC. The van der Waals surface area contributed by atoms with Crippen molar-refractivity contribution in [3.8, 4) is 0 Å². The van der Waals surface area contributed by atoms with E-state index in [9.17, 15) is 9.59 Å². The highest BCUT2D eigenvalue weighted by Crippen LogP contribution is 2.16. The Balaban J connectivity index is 2.71. The highest BCUT2D eigenvalue weighted by atomic mass is 16.2. The Hall–Kier alpha value is -2.04. The minimum absolute atomic E-state index is 0.0704. The molecule has 1 aromatic carbocycles. The Morgan fingerprint density at radius 1 is 1.10 bits per heavy atom. The lowest BCUT2D eigenvalue weighted by molar-refractivity contribution is -0.121. The molecule has 0 aliphatic carbocycles. The normalized spacial score (nSPS) is 10.0. The van der Waals surface area contributed by atoms with Gasteiger partial charge in [-0.25, -0.2) is 0 Å². The molecule has 2 N–H and O–H groups in total. The summed E-state index contributed by atoms with van der Waals surface area (Å²) in [5.74, 6) is -0.285. The number of hydrogen-bond acceptors (Lipinski definition) is 3. The van der Waals surface area contributed by atoms with Crippen LogP contribution >= 0.6 is 0 Å². The van der Waals surface area contributed by atoms with Gasteiger partial charge in [0.05, 0.1) is 12.1 Å². The van der Waals surface area contributed by atoms with Crippen LogP contribution < -0.4 is 10.6 Å². The van der Waals surface area contributed by atoms with Gasteiger partial charge in [0.2, 0.25) is 5.91 Å². The summed E-state index contributed by atoms with van der Waals surface area (Å²) in [6.07, 6.45) is 1.87. The molecule has 0 fully saturated rings. The molecule has 0 aliphatic rings. The van der Waals surface area contributed by atoms with Gasteiger partial charge in [-0.1, -0.05) is 26.0 Å². The number of amides is 2. The summed E-state index contributed by atoms with van der Waals surface area (Å²) >= 11 is 0. The summed E-state index contributed by atoms with van der Waals surface area (Å²) in [7, 11) is 1.64. The fourth-order valence-electron chi connectivity index (χ4n) is 1.90. The maximum absolute atomic E-state index is 12.4. The van der Waals surface area contributed by atoms with Gasteiger partial charge in [0, 0.05) is 25.8 Å². The average Bonchev–Trinajstić information content (AvgIpc) is 2.50. The van der Waals surface area contributed by atoms with Crippen LogP contribution in [0.25, 0.3) is 0 Å². The molecule has 0 bridgehead atoms. The summed E-state index contributed by atoms with van der Waals surface area (Å²) in [5, 5.41) is 6.01. The Kier molecular flexibility index (Phi) is 7.29. The Bertz CT molecular complexity index is 474. The van der Waals surface area contributed by atoms with Crippen molar-refractivity contribution in [3.05, 3.63) is 29.8 Å². The predicted octanol–water partition coefficient (Wildman–Crippen LogP) is 2.11. The van der Waals surface area contributed by atoms with Crippen molar-refractivity contribution in [2.45, 2.75) is 26.7 Å². The Morgan fingerprint density at radius 2 is 1.76 bits per heavy atom. The molecule has 0 radical (unpaired) electrons. The highest BCUT2D eigenvalue weighted by Gasteiger charge is 2.17. The van der Waals surface area contributed by atoms with Crippen molar-refractivity contribution in [1.82, 2.24) is 10.2 Å². The number of anilines is 1. The standard InChI is InChI=1S/C16H25N3O2/c1-4-10-17-14-9-7-6-8-13(14)16(21)19(3)12-15(20)18-11-5-2/h6-9,17H,4-5,10-12H2,1-3H3,(H,18,20). The van der Waals surface area contributed by atoms with Crippen LogP contribution in [0.1, 0.15) is 37.0 Å². The smallest absolute Gasteiger partial charge is 0.256 e. The third kappa shape index (κ3) is 5.45. The topological polar surface area (TPSA) is 61.4 Å². The van der Waals surface area contributed by atoms with Crippen molar-refractivity contribution >= 4 is 17.5 Å². The van der Waals surface area contributed by atoms with Gasteiger partial charge < -0.3 is 15.5 Å². The maximum atomic E-state index is 12.4. The zero-order chi connectivity index (χ0) is 15.7. The summed E-state index contributed by atoms with van der Waals surface area (Å²) < 4.78 is 0. The van der Waals surface area contributed by atoms with Crippen molar-refractivity contribution in [2.75, 3.05) is 32.0 Å². The second-order valence-electron chi connectivity index (χ2n) is 4.98. The van der Waals surface area contributed by atoms with Gasteiger partial charge in [0.25, 0.3) is 5.91 Å². The molecule has 0 aromatic heterocycles. The molecule has 0 saturated heterocycles. The zero-order valence-electron chi connectivity index (χ0n) is 13.1. The van der Waals surface area contributed by atoms with Crippen molar-refractivity contribution < 1.29 is 9.59 Å². The van der Waals surface area contributed by atoms with Crippen molar-refractivity contribution in [1.29, 1.82) is 0 Å². The van der Waals surface area contributed by atoms with E-state index in [0.29, 0.717) is 12.1 Å². The summed E-state index contributed by atoms with van der Waals surface area (Å²) in [6, 6.07) is 7.38. The summed E-state index contributed by atoms with van der Waals surface area (Å²) in [6.45, 7) is 5.58. The second-order valence-corrected chi connectivity index (χ2v) is 4.98. The number of nitrogens with zero attached hydrogens (tertiary/aromatic N) is 1. The second kappa shape index (κ2) is 9.00. The highest BCUT2D eigenvalue weighted by molar-refractivity contribution is 6.00. The monoisotopic (exact) mass is 291 g/mol. The van der Waals surface area contributed by atoms with Gasteiger partial charge in [-0.2, -0.15) is 0 Å². The van der Waals surface area contributed by atoms with Crippen LogP contribution in [0.15, 0.2) is 24.3 Å². The molecule has 2 amide bonds. The quantitative estimate of drug-likeness (QED) is 0.771. The maximum Gasteiger partial charge on any atom is 0.256 e. The van der Waals surface area contributed by atoms with E-state index in [0.717, 1.165) is 25.1 Å². The predicted molar refractivity (Wildman–Crippen MR) is 85.5 cm³/mol. The molecule has 21 heavy (non-hydrogen) atoms. The molecule has 5 nitrogen and oxygen atoms in total. The molecular weight excluding hydrogens is 266 g/mol. The molecule has 116 valence electrons. The van der Waals surface area contributed by atoms with Gasteiger partial charge in [-0.3, -0.25) is 9.59 Å². The molecular formula is C16H25N3O2. The Morgan fingerprint density at radius 3 is 2.43 bits per heavy atom. The first-order chi connectivity index (χ1) is 10.1. The average molecular weight is 291 g/mol. The Labute approximate surface area is 126 Å². The van der Waals surface area contributed by atoms with Crippen LogP contribution in [0.2, 0.25) is 0 Å². The van der Waals surface area contributed by atoms with Crippen LogP contribution in [0, 0.1) is 0 Å². The van der Waals surface area contributed by atoms with E-state index >= 15 is 0 Å². The minimum atomic E-state index is -0.152. The number of hydrogen-bond donors (Lipinski definition) is 2. The minimum Gasteiger partial charge on any atom is -0.384 e. The lowest BCUT2D eigenvalue weighted by Crippen LogP contribution is -2.38. The fraction of sp³-hybridized carbons (Fsp3) is 0.500. The van der Waals surface area contributed by atoms with E-state index in [1.54, 1.807) is 13.1 Å². The van der Waals surface area contributed by atoms with E-state index in [-0.39, 0.29) is 18.4 Å². The number of rotatable bonds is 8. The number of para-hydroxylation sites is 1. The van der Waals surface area contributed by atoms with E-state index in [1.807, 2.05) is 25.1 Å². The van der Waals surface area contributed by atoms with Gasteiger partial charge in [0.1, 0.15) is 0 Å². The van der Waals surface area contributed by atoms with Crippen molar-refractivity contribution in [2.24, 2.45) is 0 Å². The molecule has 0 aliphatic heterocycles. The fourth-order valence-corrected chi connectivity index (χ4v) is 1.90. The van der Waals surface area contributed by atoms with Gasteiger partial charge in [0.15, 0.2) is 0 Å². The van der Waals surface area contributed by atoms with Crippen LogP contribution in [-0.4, -0.2) is 43.4 Å². The number of likely N-dealkylation sites (N-methyl/N-ethyl adjacent to an activating group) is 1.